The average molecular weight is 378 g/mol. The van der Waals surface area contributed by atoms with E-state index in [4.69, 9.17) is 10.3 Å². The van der Waals surface area contributed by atoms with Crippen molar-refractivity contribution in [2.24, 2.45) is 0 Å². The largest absolute Gasteiger partial charge is 0.573 e. The topological polar surface area (TPSA) is 103 Å². The summed E-state index contributed by atoms with van der Waals surface area (Å²) >= 11 is 0. The van der Waals surface area contributed by atoms with Gasteiger partial charge in [-0.2, -0.15) is 0 Å². The minimum Gasteiger partial charge on any atom is -0.405 e. The van der Waals surface area contributed by atoms with E-state index in [1.54, 1.807) is 13.0 Å². The van der Waals surface area contributed by atoms with Crippen LogP contribution in [0.25, 0.3) is 11.1 Å². The van der Waals surface area contributed by atoms with Gasteiger partial charge in [-0.1, -0.05) is 23.4 Å². The highest BCUT2D eigenvalue weighted by Gasteiger charge is 2.32. The van der Waals surface area contributed by atoms with E-state index in [1.807, 2.05) is 0 Å². The average Bonchev–Trinajstić information content (AvgIpc) is 3.01. The number of aromatic nitrogens is 2. The molecule has 0 fully saturated rings. The molecule has 0 aliphatic carbocycles. The van der Waals surface area contributed by atoms with Gasteiger partial charge in [0.1, 0.15) is 28.7 Å². The van der Waals surface area contributed by atoms with Crippen LogP contribution in [0.4, 0.5) is 24.8 Å². The number of amides is 1. The van der Waals surface area contributed by atoms with Crippen LogP contribution >= 0.6 is 0 Å². The number of benzene rings is 1. The molecule has 0 bridgehead atoms. The Balaban J connectivity index is 1.88. The molecule has 2 heterocycles. The first-order chi connectivity index (χ1) is 12.7. The Kier molecular flexibility index (Phi) is 4.72. The van der Waals surface area contributed by atoms with E-state index < -0.39 is 18.0 Å². The summed E-state index contributed by atoms with van der Waals surface area (Å²) in [5.74, 6) is -0.538. The fourth-order valence-corrected chi connectivity index (χ4v) is 2.38. The summed E-state index contributed by atoms with van der Waals surface area (Å²) in [6.45, 7) is 1.57. The molecular formula is C17H13F3N4O3. The first-order valence-electron chi connectivity index (χ1n) is 7.59. The summed E-state index contributed by atoms with van der Waals surface area (Å²) in [5.41, 5.74) is 6.45. The maximum absolute atomic E-state index is 12.6. The molecule has 0 saturated carbocycles. The van der Waals surface area contributed by atoms with Gasteiger partial charge in [-0.05, 0) is 25.1 Å². The Bertz CT molecular complexity index is 986. The van der Waals surface area contributed by atoms with Gasteiger partial charge in [0.15, 0.2) is 0 Å². The van der Waals surface area contributed by atoms with Crippen molar-refractivity contribution in [3.05, 3.63) is 53.9 Å². The first-order valence-corrected chi connectivity index (χ1v) is 7.59. The summed E-state index contributed by atoms with van der Waals surface area (Å²) in [6.07, 6.45) is -3.59. The number of nitrogens with zero attached hydrogens (tertiary/aromatic N) is 2. The number of pyridine rings is 1. The number of para-hydroxylation sites is 1. The molecule has 1 aromatic carbocycles. The maximum Gasteiger partial charge on any atom is 0.573 e. The van der Waals surface area contributed by atoms with Crippen molar-refractivity contribution in [1.29, 1.82) is 0 Å². The van der Waals surface area contributed by atoms with Gasteiger partial charge in [0, 0.05) is 11.1 Å². The quantitative estimate of drug-likeness (QED) is 0.716. The van der Waals surface area contributed by atoms with Gasteiger partial charge in [0.05, 0.1) is 6.20 Å². The number of halogens is 3. The fourth-order valence-electron chi connectivity index (χ4n) is 2.38. The lowest BCUT2D eigenvalue weighted by Crippen LogP contribution is -2.17. The van der Waals surface area contributed by atoms with E-state index in [0.29, 0.717) is 5.76 Å². The molecule has 1 amide bonds. The number of nitrogens with two attached hydrogens (primary N) is 1. The third-order valence-electron chi connectivity index (χ3n) is 3.56. The summed E-state index contributed by atoms with van der Waals surface area (Å²) in [6, 6.07) is 8.40. The number of nitrogen functional groups attached to an aromatic ring is 1. The second-order valence-electron chi connectivity index (χ2n) is 5.42. The lowest BCUT2D eigenvalue weighted by atomic mass is 10.1. The number of rotatable bonds is 4. The van der Waals surface area contributed by atoms with E-state index in [-0.39, 0.29) is 28.3 Å². The van der Waals surface area contributed by atoms with E-state index in [9.17, 15) is 18.0 Å². The smallest absolute Gasteiger partial charge is 0.405 e. The van der Waals surface area contributed by atoms with Crippen LogP contribution in [0.1, 0.15) is 16.1 Å². The van der Waals surface area contributed by atoms with Gasteiger partial charge >= 0.3 is 6.36 Å². The molecule has 3 aromatic rings. The number of hydrogen-bond donors (Lipinski definition) is 2. The molecule has 0 aliphatic heterocycles. The second kappa shape index (κ2) is 6.98. The van der Waals surface area contributed by atoms with Crippen LogP contribution in [0.2, 0.25) is 0 Å². The molecule has 2 aromatic heterocycles. The molecular weight excluding hydrogens is 365 g/mol. The van der Waals surface area contributed by atoms with Gasteiger partial charge in [-0.15, -0.1) is 13.2 Å². The molecule has 0 unspecified atom stereocenters. The van der Waals surface area contributed by atoms with Crippen molar-refractivity contribution in [3.63, 3.8) is 0 Å². The van der Waals surface area contributed by atoms with Crippen molar-refractivity contribution in [2.75, 3.05) is 11.1 Å². The lowest BCUT2D eigenvalue weighted by Gasteiger charge is -2.14. The van der Waals surface area contributed by atoms with Crippen LogP contribution in [0.15, 0.2) is 47.1 Å². The summed E-state index contributed by atoms with van der Waals surface area (Å²) < 4.78 is 46.6. The molecule has 10 heteroatoms. The van der Waals surface area contributed by atoms with Crippen LogP contribution in [0, 0.1) is 6.92 Å². The van der Waals surface area contributed by atoms with E-state index in [0.717, 1.165) is 0 Å². The number of carbonyl (C=O) groups excluding carboxylic acids is 1. The van der Waals surface area contributed by atoms with Crippen molar-refractivity contribution in [1.82, 2.24) is 10.1 Å². The minimum absolute atomic E-state index is 0.0759. The Morgan fingerprint density at radius 1 is 1.19 bits per heavy atom. The van der Waals surface area contributed by atoms with Gasteiger partial charge < -0.3 is 20.3 Å². The fraction of sp³-hybridized carbons (Fsp3) is 0.118. The predicted octanol–water partition coefficient (Wildman–Crippen LogP) is 3.78. The zero-order chi connectivity index (χ0) is 19.6. The van der Waals surface area contributed by atoms with Gasteiger partial charge in [0.25, 0.3) is 5.91 Å². The first kappa shape index (κ1) is 18.2. The van der Waals surface area contributed by atoms with E-state index in [1.165, 1.54) is 36.5 Å². The second-order valence-corrected chi connectivity index (χ2v) is 5.42. The van der Waals surface area contributed by atoms with Gasteiger partial charge in [-0.3, -0.25) is 4.79 Å². The Morgan fingerprint density at radius 3 is 2.56 bits per heavy atom. The highest BCUT2D eigenvalue weighted by atomic mass is 19.4. The van der Waals surface area contributed by atoms with Crippen LogP contribution in [-0.4, -0.2) is 22.4 Å². The molecule has 0 aliphatic rings. The molecule has 0 radical (unpaired) electrons. The van der Waals surface area contributed by atoms with E-state index >= 15 is 0 Å². The lowest BCUT2D eigenvalue weighted by molar-refractivity contribution is -0.274. The molecule has 140 valence electrons. The zero-order valence-corrected chi connectivity index (χ0v) is 13.9. The Labute approximate surface area is 150 Å². The third kappa shape index (κ3) is 4.17. The molecule has 0 saturated heterocycles. The number of ether oxygens (including phenoxy) is 1. The molecule has 3 N–H and O–H groups in total. The molecule has 0 atom stereocenters. The van der Waals surface area contributed by atoms with Crippen molar-refractivity contribution >= 4 is 17.5 Å². The summed E-state index contributed by atoms with van der Waals surface area (Å²) in [5, 5.41) is 6.02. The highest BCUT2D eigenvalue weighted by molar-refractivity contribution is 6.04. The van der Waals surface area contributed by atoms with Crippen LogP contribution in [0.3, 0.4) is 0 Å². The monoisotopic (exact) mass is 378 g/mol. The Hall–Kier alpha value is -3.56. The van der Waals surface area contributed by atoms with Crippen LogP contribution in [-0.2, 0) is 0 Å². The Morgan fingerprint density at radius 2 is 1.93 bits per heavy atom. The number of hydrogen-bond acceptors (Lipinski definition) is 6. The standard InChI is InChI=1S/C17H13F3N4O3/c1-9-12(8-22-27-9)16(25)24-14-7-6-11(15(21)23-14)10-4-2-3-5-13(10)26-17(18,19)20/h2-8H,1H3,(H3,21,23,24,25). The molecule has 7 nitrogen and oxygen atoms in total. The molecule has 3 rings (SSSR count). The zero-order valence-electron chi connectivity index (χ0n) is 13.9. The number of alkyl halides is 3. The number of carbonyl (C=O) groups is 1. The molecule has 0 spiro atoms. The van der Waals surface area contributed by atoms with Crippen molar-refractivity contribution in [2.45, 2.75) is 13.3 Å². The van der Waals surface area contributed by atoms with Crippen LogP contribution in [0.5, 0.6) is 5.75 Å². The number of nitrogens with one attached hydrogen (secondary N) is 1. The number of anilines is 2. The van der Waals surface area contributed by atoms with Gasteiger partial charge in [0.2, 0.25) is 0 Å². The molecule has 27 heavy (non-hydrogen) atoms. The third-order valence-corrected chi connectivity index (χ3v) is 3.56. The normalized spacial score (nSPS) is 11.3. The maximum atomic E-state index is 12.6. The van der Waals surface area contributed by atoms with Gasteiger partial charge in [-0.25, -0.2) is 4.98 Å². The van der Waals surface area contributed by atoms with Crippen molar-refractivity contribution in [3.8, 4) is 16.9 Å². The highest BCUT2D eigenvalue weighted by Crippen LogP contribution is 2.36. The predicted molar refractivity (Wildman–Crippen MR) is 90.0 cm³/mol. The van der Waals surface area contributed by atoms with Crippen molar-refractivity contribution < 1.29 is 27.2 Å². The summed E-state index contributed by atoms with van der Waals surface area (Å²) in [4.78, 5) is 16.2. The van der Waals surface area contributed by atoms with Crippen LogP contribution < -0.4 is 15.8 Å². The minimum atomic E-state index is -4.84. The summed E-state index contributed by atoms with van der Waals surface area (Å²) in [7, 11) is 0. The SMILES string of the molecule is Cc1oncc1C(=O)Nc1ccc(-c2ccccc2OC(F)(F)F)c(N)n1. The number of aryl methyl sites for hydroxylation is 1. The van der Waals surface area contributed by atoms with E-state index in [2.05, 4.69) is 20.2 Å².